The summed E-state index contributed by atoms with van der Waals surface area (Å²) in [4.78, 5) is 29.9. The summed E-state index contributed by atoms with van der Waals surface area (Å²) < 4.78 is 25.3. The van der Waals surface area contributed by atoms with Gasteiger partial charge in [-0.2, -0.15) is 9.78 Å². The quantitative estimate of drug-likeness (QED) is 0.0947. The van der Waals surface area contributed by atoms with Crippen molar-refractivity contribution in [3.05, 3.63) is 119 Å². The average molecular weight is 718 g/mol. The second-order valence-electron chi connectivity index (χ2n) is 9.68. The third kappa shape index (κ3) is 5.20. The number of ether oxygens (including phenoxy) is 3. The molecule has 0 radical (unpaired) electrons. The molecule has 0 atom stereocenters. The van der Waals surface area contributed by atoms with Crippen molar-refractivity contribution in [2.45, 2.75) is 6.61 Å². The van der Waals surface area contributed by atoms with Gasteiger partial charge in [-0.25, -0.2) is 4.98 Å². The van der Waals surface area contributed by atoms with Gasteiger partial charge in [-0.3, -0.25) is 14.9 Å². The Bertz CT molecular complexity index is 2210. The largest absolute Gasteiger partial charge is 0.481 e. The van der Waals surface area contributed by atoms with Crippen LogP contribution in [-0.4, -0.2) is 27.6 Å². The minimum Gasteiger partial charge on any atom is -0.481 e. The Morgan fingerprint density at radius 3 is 2.70 bits per heavy atom. The number of hydrogen-bond donors (Lipinski definition) is 0. The topological polar surface area (TPSA) is 131 Å². The molecule has 4 aromatic carbocycles. The molecule has 7 rings (SSSR count). The van der Waals surface area contributed by atoms with Crippen LogP contribution < -0.4 is 19.8 Å². The van der Waals surface area contributed by atoms with Gasteiger partial charge in [0.25, 0.3) is 5.56 Å². The maximum Gasteiger partial charge on any atom is 0.312 e. The highest BCUT2D eigenvalue weighted by atomic mass is 79.9. The third-order valence-electron chi connectivity index (χ3n) is 6.84. The van der Waals surface area contributed by atoms with Gasteiger partial charge in [0.1, 0.15) is 12.2 Å². The van der Waals surface area contributed by atoms with Crippen molar-refractivity contribution in [2.24, 2.45) is 5.10 Å². The molecule has 1 aliphatic rings. The molecular formula is C31H18Br2N4O7. The highest BCUT2D eigenvalue weighted by molar-refractivity contribution is 9.10. The van der Waals surface area contributed by atoms with E-state index in [1.54, 1.807) is 60.7 Å². The molecule has 3 heterocycles. The first-order valence-electron chi connectivity index (χ1n) is 13.1. The van der Waals surface area contributed by atoms with Crippen molar-refractivity contribution in [3.8, 4) is 28.8 Å². The lowest BCUT2D eigenvalue weighted by atomic mass is 10.1. The van der Waals surface area contributed by atoms with E-state index in [2.05, 4.69) is 37.0 Å². The smallest absolute Gasteiger partial charge is 0.312 e. The fourth-order valence-electron chi connectivity index (χ4n) is 4.81. The first-order valence-corrected chi connectivity index (χ1v) is 14.7. The van der Waals surface area contributed by atoms with Crippen LogP contribution in [0.25, 0.3) is 33.5 Å². The summed E-state index contributed by atoms with van der Waals surface area (Å²) in [6.07, 6.45) is 1.33. The van der Waals surface area contributed by atoms with E-state index in [0.29, 0.717) is 43.8 Å². The van der Waals surface area contributed by atoms with E-state index < -0.39 is 10.5 Å². The zero-order valence-electron chi connectivity index (χ0n) is 22.4. The van der Waals surface area contributed by atoms with Gasteiger partial charge < -0.3 is 18.6 Å². The molecule has 0 fully saturated rings. The highest BCUT2D eigenvalue weighted by Crippen LogP contribution is 2.37. The lowest BCUT2D eigenvalue weighted by Gasteiger charge is -2.11. The number of nitro groups is 1. The van der Waals surface area contributed by atoms with Gasteiger partial charge in [0.2, 0.25) is 18.4 Å². The molecule has 218 valence electrons. The zero-order chi connectivity index (χ0) is 30.4. The number of nitro benzene ring substituents is 1. The zero-order valence-corrected chi connectivity index (χ0v) is 25.6. The van der Waals surface area contributed by atoms with E-state index in [-0.39, 0.29) is 36.2 Å². The van der Waals surface area contributed by atoms with Crippen LogP contribution in [0.15, 0.2) is 102 Å². The molecule has 0 bridgehead atoms. The lowest BCUT2D eigenvalue weighted by Crippen LogP contribution is -2.20. The van der Waals surface area contributed by atoms with Gasteiger partial charge in [-0.1, -0.05) is 50.1 Å². The average Bonchev–Trinajstić information content (AvgIpc) is 3.66. The molecule has 11 nitrogen and oxygen atoms in total. The van der Waals surface area contributed by atoms with E-state index in [1.807, 2.05) is 12.1 Å². The Hall–Kier alpha value is -5.01. The Kier molecular flexibility index (Phi) is 7.10. The van der Waals surface area contributed by atoms with Gasteiger partial charge >= 0.3 is 5.69 Å². The van der Waals surface area contributed by atoms with E-state index in [1.165, 1.54) is 12.3 Å². The molecule has 44 heavy (non-hydrogen) atoms. The van der Waals surface area contributed by atoms with Crippen LogP contribution in [0.2, 0.25) is 0 Å². The number of benzene rings is 4. The number of furan rings is 1. The maximum absolute atomic E-state index is 13.7. The van der Waals surface area contributed by atoms with Crippen LogP contribution in [-0.2, 0) is 6.61 Å². The van der Waals surface area contributed by atoms with Gasteiger partial charge in [-0.05, 0) is 60.2 Å². The van der Waals surface area contributed by atoms with E-state index in [0.717, 1.165) is 14.5 Å². The van der Waals surface area contributed by atoms with E-state index in [9.17, 15) is 14.9 Å². The number of halogens is 2. The van der Waals surface area contributed by atoms with Crippen molar-refractivity contribution in [2.75, 3.05) is 6.79 Å². The number of hydrogen-bond acceptors (Lipinski definition) is 9. The molecule has 0 unspecified atom stereocenters. The summed E-state index contributed by atoms with van der Waals surface area (Å²) in [6, 6.07) is 22.4. The summed E-state index contributed by atoms with van der Waals surface area (Å²) >= 11 is 6.81. The Balaban J connectivity index is 1.34. The molecular weight excluding hydrogens is 700 g/mol. The summed E-state index contributed by atoms with van der Waals surface area (Å²) in [7, 11) is 0. The van der Waals surface area contributed by atoms with Crippen LogP contribution in [0.4, 0.5) is 5.69 Å². The van der Waals surface area contributed by atoms with Gasteiger partial charge in [0.15, 0.2) is 17.3 Å². The normalized spacial score (nSPS) is 12.4. The van der Waals surface area contributed by atoms with E-state index in [4.69, 9.17) is 23.6 Å². The van der Waals surface area contributed by atoms with E-state index >= 15 is 0 Å². The van der Waals surface area contributed by atoms with Crippen molar-refractivity contribution in [1.82, 2.24) is 9.66 Å². The molecule has 0 N–H and O–H groups in total. The van der Waals surface area contributed by atoms with Crippen molar-refractivity contribution in [1.29, 1.82) is 0 Å². The molecule has 0 spiro atoms. The second kappa shape index (κ2) is 11.2. The third-order valence-corrected chi connectivity index (χ3v) is 7.80. The molecule has 0 saturated heterocycles. The fourth-order valence-corrected chi connectivity index (χ4v) is 5.65. The predicted molar refractivity (Wildman–Crippen MR) is 170 cm³/mol. The number of para-hydroxylation sites is 1. The molecule has 1 aliphatic heterocycles. The van der Waals surface area contributed by atoms with Crippen LogP contribution in [0.5, 0.6) is 17.2 Å². The molecule has 0 aliphatic carbocycles. The minimum atomic E-state index is -0.543. The van der Waals surface area contributed by atoms with Crippen LogP contribution in [0, 0.1) is 10.1 Å². The van der Waals surface area contributed by atoms with Gasteiger partial charge in [0, 0.05) is 26.0 Å². The first-order chi connectivity index (χ1) is 21.3. The molecule has 0 amide bonds. The van der Waals surface area contributed by atoms with Crippen molar-refractivity contribution >= 4 is 65.6 Å². The predicted octanol–water partition coefficient (Wildman–Crippen LogP) is 7.43. The van der Waals surface area contributed by atoms with Crippen molar-refractivity contribution in [3.63, 3.8) is 0 Å². The standard InChI is InChI=1S/C31H18Br2N4O7/c32-20-6-8-25-18(10-20)12-28(44-25)30-35-23-4-2-1-3-22(23)31(38)36(30)34-14-19-11-21(33)13-24(37(39)40)29(19)41-15-17-5-7-26-27(9-17)43-16-42-26/h1-14H,15-16H2. The monoisotopic (exact) mass is 716 g/mol. The number of nitrogens with zero attached hydrogens (tertiary/aromatic N) is 4. The van der Waals surface area contributed by atoms with Crippen LogP contribution in [0.1, 0.15) is 11.1 Å². The Labute approximate surface area is 264 Å². The fraction of sp³-hybridized carbons (Fsp3) is 0.0645. The SMILES string of the molecule is O=c1c2ccccc2nc(-c2cc3cc(Br)ccc3o2)n1N=Cc1cc(Br)cc([N+](=O)[O-])c1OCc1ccc2c(c1)OCO2. The summed E-state index contributed by atoms with van der Waals surface area (Å²) in [6.45, 7) is 0.117. The number of rotatable bonds is 7. The Morgan fingerprint density at radius 2 is 1.84 bits per heavy atom. The molecule has 0 saturated carbocycles. The molecule has 13 heteroatoms. The number of fused-ring (bicyclic) bond motifs is 3. The van der Waals surface area contributed by atoms with Crippen molar-refractivity contribution < 1.29 is 23.6 Å². The Morgan fingerprint density at radius 1 is 1.00 bits per heavy atom. The van der Waals surface area contributed by atoms with Gasteiger partial charge in [-0.15, -0.1) is 0 Å². The minimum absolute atomic E-state index is 0.00275. The summed E-state index contributed by atoms with van der Waals surface area (Å²) in [5.74, 6) is 1.61. The second-order valence-corrected chi connectivity index (χ2v) is 11.5. The first kappa shape index (κ1) is 27.8. The molecule has 2 aromatic heterocycles. The molecule has 6 aromatic rings. The van der Waals surface area contributed by atoms with Crippen LogP contribution >= 0.6 is 31.9 Å². The summed E-state index contributed by atoms with van der Waals surface area (Å²) in [5.41, 5.74) is 1.30. The van der Waals surface area contributed by atoms with Gasteiger partial charge in [0.05, 0.1) is 22.0 Å². The van der Waals surface area contributed by atoms with Crippen LogP contribution in [0.3, 0.4) is 0 Å². The lowest BCUT2D eigenvalue weighted by molar-refractivity contribution is -0.386. The maximum atomic E-state index is 13.7. The highest BCUT2D eigenvalue weighted by Gasteiger charge is 2.22. The summed E-state index contributed by atoms with van der Waals surface area (Å²) in [5, 5.41) is 17.7. The number of aromatic nitrogens is 2.